The minimum atomic E-state index is -0.240. The molecule has 0 radical (unpaired) electrons. The highest BCUT2D eigenvalue weighted by Gasteiger charge is 2.81. The van der Waals surface area contributed by atoms with Crippen LogP contribution >= 0.6 is 0 Å². The highest BCUT2D eigenvalue weighted by Crippen LogP contribution is 2.82. The zero-order valence-corrected chi connectivity index (χ0v) is 31.6. The molecule has 5 unspecified atom stereocenters. The Labute approximate surface area is 326 Å². The van der Waals surface area contributed by atoms with Crippen LogP contribution < -0.4 is 19.6 Å². The maximum Gasteiger partial charge on any atom is 0.179 e. The minimum Gasteiger partial charge on any atom is -0.319 e. The SMILES string of the molecule is CC1N(c2ccccc2)c2cc3ccccc3cc2N1c1ccccc1C1C2(C)c3ccccc3N3c4nc5ccccc5nc4N(c4ccccc4)C3C12C. The third-order valence-corrected chi connectivity index (χ3v) is 13.6. The van der Waals surface area contributed by atoms with Gasteiger partial charge >= 0.3 is 0 Å². The molecule has 1 saturated carbocycles. The third kappa shape index (κ3) is 3.95. The normalized spacial score (nSPS) is 24.2. The Morgan fingerprint density at radius 3 is 1.62 bits per heavy atom. The van der Waals surface area contributed by atoms with E-state index in [2.05, 4.69) is 210 Å². The molecule has 5 atom stereocenters. The Bertz CT molecular complexity index is 2880. The van der Waals surface area contributed by atoms with Crippen molar-refractivity contribution >= 4 is 67.6 Å². The summed E-state index contributed by atoms with van der Waals surface area (Å²) in [5.74, 6) is 2.01. The van der Waals surface area contributed by atoms with Crippen molar-refractivity contribution in [3.05, 3.63) is 181 Å². The largest absolute Gasteiger partial charge is 0.319 e. The van der Waals surface area contributed by atoms with Crippen molar-refractivity contribution in [2.45, 2.75) is 44.4 Å². The van der Waals surface area contributed by atoms with E-state index in [1.807, 2.05) is 0 Å². The van der Waals surface area contributed by atoms with Crippen LogP contribution in [0.5, 0.6) is 0 Å². The Morgan fingerprint density at radius 2 is 0.964 bits per heavy atom. The molecule has 1 fully saturated rings. The Morgan fingerprint density at radius 1 is 0.464 bits per heavy atom. The van der Waals surface area contributed by atoms with Crippen molar-refractivity contribution in [3.8, 4) is 0 Å². The monoisotopic (exact) mass is 724 g/mol. The van der Waals surface area contributed by atoms with Crippen molar-refractivity contribution in [2.24, 2.45) is 5.41 Å². The topological polar surface area (TPSA) is 38.7 Å². The fourth-order valence-corrected chi connectivity index (χ4v) is 11.1. The summed E-state index contributed by atoms with van der Waals surface area (Å²) < 4.78 is 0. The van der Waals surface area contributed by atoms with Crippen molar-refractivity contribution in [3.63, 3.8) is 0 Å². The van der Waals surface area contributed by atoms with Crippen LogP contribution in [0.2, 0.25) is 0 Å². The van der Waals surface area contributed by atoms with Gasteiger partial charge in [0.15, 0.2) is 11.6 Å². The predicted molar refractivity (Wildman–Crippen MR) is 229 cm³/mol. The summed E-state index contributed by atoms with van der Waals surface area (Å²) in [6.07, 6.45) is -0.0318. The number of rotatable bonds is 4. The molecule has 12 rings (SSSR count). The summed E-state index contributed by atoms with van der Waals surface area (Å²) in [5, 5.41) is 2.49. The van der Waals surface area contributed by atoms with E-state index in [4.69, 9.17) is 9.97 Å². The smallest absolute Gasteiger partial charge is 0.179 e. The Balaban J connectivity index is 1.08. The van der Waals surface area contributed by atoms with Gasteiger partial charge in [0.2, 0.25) is 0 Å². The lowest BCUT2D eigenvalue weighted by Crippen LogP contribution is -2.50. The maximum atomic E-state index is 5.40. The van der Waals surface area contributed by atoms with Gasteiger partial charge in [0, 0.05) is 39.5 Å². The molecule has 1 aliphatic carbocycles. The third-order valence-electron chi connectivity index (χ3n) is 13.6. The summed E-state index contributed by atoms with van der Waals surface area (Å²) in [5.41, 5.74) is 11.3. The van der Waals surface area contributed by atoms with E-state index in [1.54, 1.807) is 0 Å². The molecule has 0 spiro atoms. The van der Waals surface area contributed by atoms with Crippen LogP contribution in [0.1, 0.15) is 37.8 Å². The van der Waals surface area contributed by atoms with Crippen LogP contribution in [-0.4, -0.2) is 22.3 Å². The number of aromatic nitrogens is 2. The number of benzene rings is 7. The molecule has 7 aromatic carbocycles. The summed E-state index contributed by atoms with van der Waals surface area (Å²) in [6, 6.07) is 61.7. The fraction of sp³-hybridized carbons (Fsp3) is 0.160. The van der Waals surface area contributed by atoms with E-state index in [9.17, 15) is 0 Å². The number of hydrogen-bond donors (Lipinski definition) is 0. The van der Waals surface area contributed by atoms with E-state index in [1.165, 1.54) is 50.3 Å². The number of fused-ring (bicyclic) bond motifs is 11. The first-order valence-electron chi connectivity index (χ1n) is 19.7. The first-order valence-corrected chi connectivity index (χ1v) is 19.7. The van der Waals surface area contributed by atoms with Crippen LogP contribution in [-0.2, 0) is 5.41 Å². The molecule has 270 valence electrons. The first-order chi connectivity index (χ1) is 27.5. The molecular weight excluding hydrogens is 685 g/mol. The molecule has 4 heterocycles. The summed E-state index contributed by atoms with van der Waals surface area (Å²) in [7, 11) is 0. The molecule has 56 heavy (non-hydrogen) atoms. The van der Waals surface area contributed by atoms with Crippen LogP contribution in [0, 0.1) is 5.41 Å². The van der Waals surface area contributed by atoms with Crippen LogP contribution in [0.3, 0.4) is 0 Å². The van der Waals surface area contributed by atoms with E-state index >= 15 is 0 Å². The molecule has 1 aromatic heterocycles. The lowest BCUT2D eigenvalue weighted by molar-refractivity contribution is 0.367. The van der Waals surface area contributed by atoms with Crippen molar-refractivity contribution in [2.75, 3.05) is 19.6 Å². The van der Waals surface area contributed by atoms with Gasteiger partial charge in [-0.2, -0.15) is 0 Å². The lowest BCUT2D eigenvalue weighted by Gasteiger charge is -2.43. The zero-order chi connectivity index (χ0) is 37.3. The fourth-order valence-electron chi connectivity index (χ4n) is 11.1. The second-order valence-electron chi connectivity index (χ2n) is 16.2. The number of para-hydroxylation sites is 6. The summed E-state index contributed by atoms with van der Waals surface area (Å²) >= 11 is 0. The quantitative estimate of drug-likeness (QED) is 0.180. The molecule has 0 bridgehead atoms. The summed E-state index contributed by atoms with van der Waals surface area (Å²) in [4.78, 5) is 20.9. The molecule has 0 saturated heterocycles. The van der Waals surface area contributed by atoms with Crippen molar-refractivity contribution in [1.82, 2.24) is 9.97 Å². The molecular formula is C50H40N6. The minimum absolute atomic E-state index is 0.0351. The second kappa shape index (κ2) is 11.2. The van der Waals surface area contributed by atoms with E-state index in [-0.39, 0.29) is 29.1 Å². The van der Waals surface area contributed by atoms with Crippen LogP contribution in [0.15, 0.2) is 170 Å². The second-order valence-corrected chi connectivity index (χ2v) is 16.2. The number of hydrogen-bond acceptors (Lipinski definition) is 6. The summed E-state index contributed by atoms with van der Waals surface area (Å²) in [6.45, 7) is 7.38. The number of nitrogens with zero attached hydrogens (tertiary/aromatic N) is 6. The average molecular weight is 725 g/mol. The van der Waals surface area contributed by atoms with Gasteiger partial charge in [-0.1, -0.05) is 123 Å². The number of anilines is 8. The molecule has 6 nitrogen and oxygen atoms in total. The predicted octanol–water partition coefficient (Wildman–Crippen LogP) is 12.1. The van der Waals surface area contributed by atoms with Gasteiger partial charge in [-0.15, -0.1) is 0 Å². The molecule has 0 amide bonds. The van der Waals surface area contributed by atoms with Crippen LogP contribution in [0.25, 0.3) is 21.8 Å². The van der Waals surface area contributed by atoms with Gasteiger partial charge in [-0.25, -0.2) is 9.97 Å². The van der Waals surface area contributed by atoms with Gasteiger partial charge in [-0.3, -0.25) is 0 Å². The molecule has 4 aliphatic rings. The Hall–Kier alpha value is -6.66. The standard InChI is InChI=1S/C50H40N6/c1-32-53(35-20-6-4-7-21-35)43-30-33-18-10-11-19-34(33)31-44(43)54(32)41-28-16-12-24-37(41)45-49(2)38-25-13-17-29-42(38)56-47-46(51-39-26-14-15-27-40(39)52-47)55(48(56)50(45,49)3)36-22-8-5-9-23-36/h4-32,45,48H,1-3H3. The zero-order valence-electron chi connectivity index (χ0n) is 31.6. The molecule has 6 heteroatoms. The van der Waals surface area contributed by atoms with Gasteiger partial charge in [-0.05, 0) is 89.5 Å². The molecule has 8 aromatic rings. The van der Waals surface area contributed by atoms with Crippen molar-refractivity contribution in [1.29, 1.82) is 0 Å². The van der Waals surface area contributed by atoms with Gasteiger partial charge < -0.3 is 19.6 Å². The van der Waals surface area contributed by atoms with Gasteiger partial charge in [0.1, 0.15) is 12.3 Å². The highest BCUT2D eigenvalue weighted by molar-refractivity contribution is 6.00. The Kier molecular flexibility index (Phi) is 6.33. The first kappa shape index (κ1) is 31.7. The van der Waals surface area contributed by atoms with E-state index < -0.39 is 0 Å². The highest BCUT2D eigenvalue weighted by atomic mass is 15.5. The van der Waals surface area contributed by atoms with Crippen LogP contribution in [0.4, 0.5) is 45.8 Å². The molecule has 0 N–H and O–H groups in total. The lowest BCUT2D eigenvalue weighted by atomic mass is 9.81. The van der Waals surface area contributed by atoms with Gasteiger partial charge in [0.05, 0.1) is 22.4 Å². The average Bonchev–Trinajstić information content (AvgIpc) is 3.44. The molecule has 3 aliphatic heterocycles. The van der Waals surface area contributed by atoms with Crippen molar-refractivity contribution < 1.29 is 0 Å². The van der Waals surface area contributed by atoms with E-state index in [0.717, 1.165) is 28.4 Å². The van der Waals surface area contributed by atoms with E-state index in [0.29, 0.717) is 0 Å². The van der Waals surface area contributed by atoms with Gasteiger partial charge in [0.25, 0.3) is 0 Å². The maximum absolute atomic E-state index is 5.40.